The largest absolute Gasteiger partial charge is 0.374 e. The molecule has 5 rings (SSSR count). The Kier molecular flexibility index (Phi) is 4.71. The molecule has 1 heterocycles. The summed E-state index contributed by atoms with van der Waals surface area (Å²) < 4.78 is 26.4. The molecule has 3 aromatic rings. The molecule has 0 unspecified atom stereocenters. The Bertz CT molecular complexity index is 969. The van der Waals surface area contributed by atoms with Crippen molar-refractivity contribution >= 4 is 0 Å². The van der Waals surface area contributed by atoms with Gasteiger partial charge >= 0.3 is 0 Å². The zero-order chi connectivity index (χ0) is 18.9. The molecule has 3 aromatic carbocycles. The summed E-state index contributed by atoms with van der Waals surface area (Å²) in [6.07, 6.45) is 1.63. The smallest absolute Gasteiger partial charge is 0.123 e. The second kappa shape index (κ2) is 7.50. The number of halogens is 1. The van der Waals surface area contributed by atoms with Crippen molar-refractivity contribution in [1.29, 1.82) is 0 Å². The van der Waals surface area contributed by atoms with Crippen LogP contribution in [0.15, 0.2) is 72.8 Å². The summed E-state index contributed by atoms with van der Waals surface area (Å²) >= 11 is 0. The lowest BCUT2D eigenvalue weighted by atomic mass is 9.87. The highest BCUT2D eigenvalue weighted by Crippen LogP contribution is 2.49. The van der Waals surface area contributed by atoms with Crippen LogP contribution in [0.2, 0.25) is 0 Å². The SMILES string of the molecule is Fc1ccc2c(c1)[C@H]1O[C@@H](COCc3ccccc3)C[C@@H]1c1ccccc1C2. The van der Waals surface area contributed by atoms with Crippen molar-refractivity contribution in [2.75, 3.05) is 6.61 Å². The van der Waals surface area contributed by atoms with Crippen LogP contribution in [0.25, 0.3) is 0 Å². The van der Waals surface area contributed by atoms with Gasteiger partial charge in [0.15, 0.2) is 0 Å². The minimum absolute atomic E-state index is 0.0148. The van der Waals surface area contributed by atoms with Crippen molar-refractivity contribution in [2.24, 2.45) is 0 Å². The zero-order valence-corrected chi connectivity index (χ0v) is 15.7. The van der Waals surface area contributed by atoms with Gasteiger partial charge in [-0.15, -0.1) is 0 Å². The van der Waals surface area contributed by atoms with Crippen LogP contribution in [0.4, 0.5) is 4.39 Å². The van der Waals surface area contributed by atoms with Gasteiger partial charge in [-0.1, -0.05) is 60.7 Å². The molecule has 1 aliphatic heterocycles. The molecule has 3 heteroatoms. The highest BCUT2D eigenvalue weighted by Gasteiger charge is 2.40. The second-order valence-electron chi connectivity index (χ2n) is 7.74. The first-order chi connectivity index (χ1) is 13.8. The maximum absolute atomic E-state index is 14.0. The number of hydrogen-bond acceptors (Lipinski definition) is 2. The molecule has 0 aromatic heterocycles. The van der Waals surface area contributed by atoms with E-state index in [1.54, 1.807) is 12.1 Å². The van der Waals surface area contributed by atoms with E-state index < -0.39 is 0 Å². The molecule has 0 N–H and O–H groups in total. The van der Waals surface area contributed by atoms with Gasteiger partial charge in [-0.3, -0.25) is 0 Å². The Hall–Kier alpha value is -2.49. The van der Waals surface area contributed by atoms with Crippen molar-refractivity contribution in [3.05, 3.63) is 106 Å². The lowest BCUT2D eigenvalue weighted by Crippen LogP contribution is -2.15. The van der Waals surface area contributed by atoms with Crippen molar-refractivity contribution in [1.82, 2.24) is 0 Å². The average molecular weight is 374 g/mol. The second-order valence-corrected chi connectivity index (χ2v) is 7.74. The van der Waals surface area contributed by atoms with E-state index in [1.165, 1.54) is 11.1 Å². The van der Waals surface area contributed by atoms with E-state index in [0.29, 0.717) is 13.2 Å². The molecule has 3 atom stereocenters. The Labute approximate surface area is 164 Å². The quantitative estimate of drug-likeness (QED) is 0.595. The van der Waals surface area contributed by atoms with Crippen molar-refractivity contribution < 1.29 is 13.9 Å². The zero-order valence-electron chi connectivity index (χ0n) is 15.7. The summed E-state index contributed by atoms with van der Waals surface area (Å²) in [5.74, 6) is 0.0420. The summed E-state index contributed by atoms with van der Waals surface area (Å²) in [5, 5.41) is 0. The lowest BCUT2D eigenvalue weighted by Gasteiger charge is -2.19. The minimum Gasteiger partial charge on any atom is -0.374 e. The number of hydrogen-bond donors (Lipinski definition) is 0. The molecule has 0 spiro atoms. The third kappa shape index (κ3) is 3.36. The van der Waals surface area contributed by atoms with E-state index in [0.717, 1.165) is 29.5 Å². The van der Waals surface area contributed by atoms with Gasteiger partial charge in [-0.25, -0.2) is 4.39 Å². The predicted molar refractivity (Wildman–Crippen MR) is 107 cm³/mol. The molecule has 0 bridgehead atoms. The van der Waals surface area contributed by atoms with Crippen LogP contribution in [0.3, 0.4) is 0 Å². The summed E-state index contributed by atoms with van der Waals surface area (Å²) in [6, 6.07) is 23.8. The van der Waals surface area contributed by atoms with Crippen LogP contribution in [-0.2, 0) is 22.5 Å². The molecule has 2 aliphatic rings. The fourth-order valence-corrected chi connectivity index (χ4v) is 4.59. The van der Waals surface area contributed by atoms with E-state index in [4.69, 9.17) is 9.47 Å². The van der Waals surface area contributed by atoms with Crippen LogP contribution < -0.4 is 0 Å². The molecule has 142 valence electrons. The van der Waals surface area contributed by atoms with Gasteiger partial charge in [0.25, 0.3) is 0 Å². The van der Waals surface area contributed by atoms with Crippen LogP contribution in [0.1, 0.15) is 46.3 Å². The fourth-order valence-electron chi connectivity index (χ4n) is 4.59. The van der Waals surface area contributed by atoms with Gasteiger partial charge in [0, 0.05) is 5.92 Å². The Morgan fingerprint density at radius 3 is 2.57 bits per heavy atom. The van der Waals surface area contributed by atoms with Crippen molar-refractivity contribution in [3.63, 3.8) is 0 Å². The van der Waals surface area contributed by atoms with Crippen molar-refractivity contribution in [3.8, 4) is 0 Å². The topological polar surface area (TPSA) is 18.5 Å². The Morgan fingerprint density at radius 1 is 0.893 bits per heavy atom. The van der Waals surface area contributed by atoms with Gasteiger partial charge < -0.3 is 9.47 Å². The first kappa shape index (κ1) is 17.6. The monoisotopic (exact) mass is 374 g/mol. The molecule has 1 fully saturated rings. The summed E-state index contributed by atoms with van der Waals surface area (Å²) in [6.45, 7) is 1.13. The molecule has 1 saturated heterocycles. The molecule has 0 saturated carbocycles. The first-order valence-corrected chi connectivity index (χ1v) is 9.91. The Balaban J connectivity index is 1.39. The van der Waals surface area contributed by atoms with E-state index >= 15 is 0 Å². The van der Waals surface area contributed by atoms with Crippen LogP contribution in [-0.4, -0.2) is 12.7 Å². The van der Waals surface area contributed by atoms with Gasteiger partial charge in [0.05, 0.1) is 25.4 Å². The van der Waals surface area contributed by atoms with E-state index in [1.807, 2.05) is 24.3 Å². The van der Waals surface area contributed by atoms with E-state index in [-0.39, 0.29) is 23.9 Å². The summed E-state index contributed by atoms with van der Waals surface area (Å²) in [7, 11) is 0. The van der Waals surface area contributed by atoms with Gasteiger partial charge in [0.1, 0.15) is 5.82 Å². The number of rotatable bonds is 4. The summed E-state index contributed by atoms with van der Waals surface area (Å²) in [4.78, 5) is 0. The average Bonchev–Trinajstić information content (AvgIpc) is 3.09. The maximum atomic E-state index is 14.0. The Morgan fingerprint density at radius 2 is 1.68 bits per heavy atom. The fraction of sp³-hybridized carbons (Fsp3) is 0.280. The van der Waals surface area contributed by atoms with Gasteiger partial charge in [0.2, 0.25) is 0 Å². The molecule has 1 aliphatic carbocycles. The molecule has 0 radical (unpaired) electrons. The number of fused-ring (bicyclic) bond motifs is 5. The molecular weight excluding hydrogens is 351 g/mol. The predicted octanol–water partition coefficient (Wildman–Crippen LogP) is 5.56. The molecule has 2 nitrogen and oxygen atoms in total. The standard InChI is InChI=1S/C25H23FO2/c26-20-11-10-19-12-18-8-4-5-9-22(18)24-14-21(28-25(24)23(19)13-20)16-27-15-17-6-2-1-3-7-17/h1-11,13,21,24-25H,12,14-16H2/t21-,24-,25-/m1/s1. The normalized spacial score (nSPS) is 22.8. The highest BCUT2D eigenvalue weighted by atomic mass is 19.1. The minimum atomic E-state index is -0.198. The van der Waals surface area contributed by atoms with Crippen molar-refractivity contribution in [2.45, 2.75) is 37.6 Å². The lowest BCUT2D eigenvalue weighted by molar-refractivity contribution is -0.0220. The van der Waals surface area contributed by atoms with E-state index in [2.05, 4.69) is 36.4 Å². The molecule has 28 heavy (non-hydrogen) atoms. The molecular formula is C25H23FO2. The van der Waals surface area contributed by atoms with Crippen LogP contribution >= 0.6 is 0 Å². The molecule has 0 amide bonds. The highest BCUT2D eigenvalue weighted by molar-refractivity contribution is 5.45. The van der Waals surface area contributed by atoms with Gasteiger partial charge in [-0.05, 0) is 52.8 Å². The third-order valence-corrected chi connectivity index (χ3v) is 5.89. The number of benzene rings is 3. The van der Waals surface area contributed by atoms with Crippen LogP contribution in [0.5, 0.6) is 0 Å². The summed E-state index contributed by atoms with van der Waals surface area (Å²) in [5.41, 5.74) is 5.96. The van der Waals surface area contributed by atoms with E-state index in [9.17, 15) is 4.39 Å². The maximum Gasteiger partial charge on any atom is 0.123 e. The van der Waals surface area contributed by atoms with Crippen LogP contribution in [0, 0.1) is 5.82 Å². The first-order valence-electron chi connectivity index (χ1n) is 9.91. The third-order valence-electron chi connectivity index (χ3n) is 5.89. The number of ether oxygens (including phenoxy) is 2. The van der Waals surface area contributed by atoms with Gasteiger partial charge in [-0.2, -0.15) is 0 Å².